The first-order valence-electron chi connectivity index (χ1n) is 9.87. The largest absolute Gasteiger partial charge is 0.465 e. The number of aromatic nitrogens is 2. The first-order chi connectivity index (χ1) is 15.4. The fraction of sp³-hybridized carbons (Fsp3) is 0.174. The van der Waals surface area contributed by atoms with Gasteiger partial charge in [0.15, 0.2) is 0 Å². The summed E-state index contributed by atoms with van der Waals surface area (Å²) >= 11 is 0. The van der Waals surface area contributed by atoms with Gasteiger partial charge >= 0.3 is 5.97 Å². The third kappa shape index (κ3) is 2.51. The van der Waals surface area contributed by atoms with Crippen LogP contribution in [0, 0.1) is 12.7 Å². The van der Waals surface area contributed by atoms with Gasteiger partial charge in [-0.1, -0.05) is 30.3 Å². The average molecular weight is 434 g/mol. The number of hydrogen-bond acceptors (Lipinski definition) is 6. The monoisotopic (exact) mass is 434 g/mol. The van der Waals surface area contributed by atoms with Crippen LogP contribution in [0.25, 0.3) is 0 Å². The van der Waals surface area contributed by atoms with Gasteiger partial charge in [-0.3, -0.25) is 9.89 Å². The van der Waals surface area contributed by atoms with Crippen LogP contribution < -0.4 is 15.4 Å². The number of hydrogen-bond donors (Lipinski definition) is 2. The maximum Gasteiger partial charge on any atom is 0.340 e. The van der Waals surface area contributed by atoms with E-state index in [4.69, 9.17) is 15.2 Å². The van der Waals surface area contributed by atoms with E-state index in [9.17, 15) is 14.0 Å². The molecule has 0 aliphatic carbocycles. The van der Waals surface area contributed by atoms with E-state index < -0.39 is 23.1 Å². The predicted molar refractivity (Wildman–Crippen MR) is 112 cm³/mol. The van der Waals surface area contributed by atoms with Gasteiger partial charge in [0.05, 0.1) is 19.2 Å². The topological polar surface area (TPSA) is 111 Å². The summed E-state index contributed by atoms with van der Waals surface area (Å²) < 4.78 is 24.4. The van der Waals surface area contributed by atoms with Crippen LogP contribution in [0.1, 0.15) is 22.4 Å². The third-order valence-corrected chi connectivity index (χ3v) is 5.90. The Hall–Kier alpha value is -4.14. The summed E-state index contributed by atoms with van der Waals surface area (Å²) in [6.07, 6.45) is 0. The summed E-state index contributed by atoms with van der Waals surface area (Å²) in [5, 5.41) is 6.96. The quantitative estimate of drug-likeness (QED) is 0.613. The van der Waals surface area contributed by atoms with Crippen molar-refractivity contribution in [3.8, 4) is 5.88 Å². The molecular weight excluding hydrogens is 415 g/mol. The number of amides is 1. The number of fused-ring (bicyclic) bond motifs is 4. The summed E-state index contributed by atoms with van der Waals surface area (Å²) in [5.74, 6) is -1.77. The Morgan fingerprint density at radius 3 is 2.81 bits per heavy atom. The smallest absolute Gasteiger partial charge is 0.340 e. The summed E-state index contributed by atoms with van der Waals surface area (Å²) in [6.45, 7) is 1.83. The number of halogens is 1. The zero-order valence-electron chi connectivity index (χ0n) is 17.3. The lowest BCUT2D eigenvalue weighted by Crippen LogP contribution is -2.48. The van der Waals surface area contributed by atoms with Crippen LogP contribution in [-0.2, 0) is 26.3 Å². The molecule has 9 heteroatoms. The molecule has 0 bridgehead atoms. The molecule has 2 aromatic carbocycles. The standard InChI is InChI=1S/C23H19FN4O4/c1-12-17-20(27-26-12)32-19(25)18(21(29)31-2)23(17)15-8-3-4-9-16(15)28(22(23)30)11-13-6-5-7-14(24)10-13/h3-10H,11,25H2,1-2H3,(H,26,27)/t23-/m1/s1. The van der Waals surface area contributed by atoms with Crippen molar-refractivity contribution in [1.82, 2.24) is 10.2 Å². The Labute approximate surface area is 182 Å². The lowest BCUT2D eigenvalue weighted by Gasteiger charge is -2.34. The highest BCUT2D eigenvalue weighted by molar-refractivity contribution is 6.18. The van der Waals surface area contributed by atoms with Gasteiger partial charge in [0.25, 0.3) is 0 Å². The normalized spacial score (nSPS) is 19.1. The Kier molecular flexibility index (Phi) is 4.30. The molecule has 5 rings (SSSR count). The fourth-order valence-corrected chi connectivity index (χ4v) is 4.65. The highest BCUT2D eigenvalue weighted by Crippen LogP contribution is 2.56. The number of carbonyl (C=O) groups is 2. The van der Waals surface area contributed by atoms with Crippen molar-refractivity contribution >= 4 is 17.6 Å². The molecule has 0 fully saturated rings. The van der Waals surface area contributed by atoms with Gasteiger partial charge in [-0.2, -0.15) is 0 Å². The van der Waals surface area contributed by atoms with E-state index in [1.54, 1.807) is 43.3 Å². The number of nitrogens with zero attached hydrogens (tertiary/aromatic N) is 2. The van der Waals surface area contributed by atoms with Gasteiger partial charge in [0.2, 0.25) is 17.7 Å². The van der Waals surface area contributed by atoms with Crippen molar-refractivity contribution in [2.24, 2.45) is 5.73 Å². The second-order valence-electron chi connectivity index (χ2n) is 7.65. The Balaban J connectivity index is 1.80. The molecule has 1 amide bonds. The molecule has 1 atom stereocenters. The number of aromatic amines is 1. The first kappa shape index (κ1) is 19.8. The van der Waals surface area contributed by atoms with Crippen LogP contribution in [-0.4, -0.2) is 29.2 Å². The first-order valence-corrected chi connectivity index (χ1v) is 9.87. The zero-order chi connectivity index (χ0) is 22.6. The van der Waals surface area contributed by atoms with Gasteiger partial charge < -0.3 is 20.1 Å². The zero-order valence-corrected chi connectivity index (χ0v) is 17.3. The van der Waals surface area contributed by atoms with Crippen molar-refractivity contribution in [3.63, 3.8) is 0 Å². The number of carbonyl (C=O) groups excluding carboxylic acids is 2. The number of nitrogens with two attached hydrogens (primary N) is 1. The van der Waals surface area contributed by atoms with Crippen molar-refractivity contribution in [1.29, 1.82) is 0 Å². The number of aryl methyl sites for hydroxylation is 1. The summed E-state index contributed by atoms with van der Waals surface area (Å²) in [5.41, 5.74) is 7.07. The number of H-pyrrole nitrogens is 1. The summed E-state index contributed by atoms with van der Waals surface area (Å²) in [4.78, 5) is 28.7. The second-order valence-corrected chi connectivity index (χ2v) is 7.65. The number of rotatable bonds is 3. The highest BCUT2D eigenvalue weighted by Gasteiger charge is 2.62. The van der Waals surface area contributed by atoms with E-state index in [2.05, 4.69) is 10.2 Å². The minimum absolute atomic E-state index is 0.0941. The third-order valence-electron chi connectivity index (χ3n) is 5.90. The average Bonchev–Trinajstić information content (AvgIpc) is 3.25. The Bertz CT molecular complexity index is 1310. The van der Waals surface area contributed by atoms with Crippen LogP contribution in [0.3, 0.4) is 0 Å². The van der Waals surface area contributed by atoms with Gasteiger partial charge in [0.1, 0.15) is 16.8 Å². The highest BCUT2D eigenvalue weighted by atomic mass is 19.1. The van der Waals surface area contributed by atoms with Crippen molar-refractivity contribution in [2.45, 2.75) is 18.9 Å². The summed E-state index contributed by atoms with van der Waals surface area (Å²) in [6, 6.07) is 13.1. The van der Waals surface area contributed by atoms with Crippen LogP contribution in [0.15, 0.2) is 60.0 Å². The van der Waals surface area contributed by atoms with Crippen molar-refractivity contribution < 1.29 is 23.5 Å². The van der Waals surface area contributed by atoms with Gasteiger partial charge in [-0.25, -0.2) is 9.18 Å². The SMILES string of the molecule is COC(=O)C1=C(N)Oc2n[nH]c(C)c2[C@@]12C(=O)N(Cc1cccc(F)c1)c1ccccc12. The van der Waals surface area contributed by atoms with Gasteiger partial charge in [0, 0.05) is 16.9 Å². The number of nitrogens with one attached hydrogen (secondary N) is 1. The Morgan fingerprint density at radius 2 is 2.06 bits per heavy atom. The molecule has 1 aromatic heterocycles. The van der Waals surface area contributed by atoms with E-state index >= 15 is 0 Å². The minimum atomic E-state index is -1.62. The predicted octanol–water partition coefficient (Wildman–Crippen LogP) is 2.43. The molecule has 1 spiro atoms. The fourth-order valence-electron chi connectivity index (χ4n) is 4.65. The minimum Gasteiger partial charge on any atom is -0.465 e. The van der Waals surface area contributed by atoms with Crippen molar-refractivity contribution in [2.75, 3.05) is 12.0 Å². The molecule has 8 nitrogen and oxygen atoms in total. The molecule has 0 saturated heterocycles. The summed E-state index contributed by atoms with van der Waals surface area (Å²) in [7, 11) is 1.21. The molecule has 3 heterocycles. The van der Waals surface area contributed by atoms with E-state index in [0.717, 1.165) is 0 Å². The van der Waals surface area contributed by atoms with Crippen LogP contribution >= 0.6 is 0 Å². The molecule has 0 radical (unpaired) electrons. The van der Waals surface area contributed by atoms with Gasteiger partial charge in [-0.15, -0.1) is 5.10 Å². The molecule has 0 unspecified atom stereocenters. The number of methoxy groups -OCH3 is 1. The molecule has 3 N–H and O–H groups in total. The number of benzene rings is 2. The maximum atomic E-state index is 14.3. The lowest BCUT2D eigenvalue weighted by atomic mass is 9.68. The Morgan fingerprint density at radius 1 is 1.28 bits per heavy atom. The van der Waals surface area contributed by atoms with Gasteiger partial charge in [-0.05, 0) is 30.7 Å². The number of anilines is 1. The number of ether oxygens (including phenoxy) is 2. The van der Waals surface area contributed by atoms with Crippen LogP contribution in [0.5, 0.6) is 5.88 Å². The van der Waals surface area contributed by atoms with Crippen LogP contribution in [0.2, 0.25) is 0 Å². The molecule has 2 aliphatic heterocycles. The number of esters is 1. The molecule has 0 saturated carbocycles. The van der Waals surface area contributed by atoms with E-state index in [1.165, 1.54) is 24.1 Å². The number of para-hydroxylation sites is 1. The van der Waals surface area contributed by atoms with E-state index in [0.29, 0.717) is 28.1 Å². The van der Waals surface area contributed by atoms with Crippen LogP contribution in [0.4, 0.5) is 10.1 Å². The molecular formula is C23H19FN4O4. The molecule has 2 aliphatic rings. The van der Waals surface area contributed by atoms with E-state index in [-0.39, 0.29) is 23.9 Å². The van der Waals surface area contributed by atoms with E-state index in [1.807, 2.05) is 0 Å². The molecule has 32 heavy (non-hydrogen) atoms. The maximum absolute atomic E-state index is 14.3. The lowest BCUT2D eigenvalue weighted by molar-refractivity contribution is -0.138. The molecule has 3 aromatic rings. The molecule has 162 valence electrons. The second kappa shape index (κ2) is 6.94. The van der Waals surface area contributed by atoms with Crippen molar-refractivity contribution in [3.05, 3.63) is 88.2 Å².